The first-order valence-electron chi connectivity index (χ1n) is 6.23. The van der Waals surface area contributed by atoms with Crippen LogP contribution in [0.3, 0.4) is 0 Å². The Morgan fingerprint density at radius 1 is 1.16 bits per heavy atom. The van der Waals surface area contributed by atoms with Crippen LogP contribution in [0.5, 0.6) is 0 Å². The number of halogens is 1. The maximum absolute atomic E-state index is 12.9. The number of aromatic nitrogens is 2. The molecule has 0 saturated heterocycles. The smallest absolute Gasteiger partial charge is 0.131 e. The fourth-order valence-corrected chi connectivity index (χ4v) is 1.89. The van der Waals surface area contributed by atoms with E-state index in [4.69, 9.17) is 5.73 Å². The van der Waals surface area contributed by atoms with Gasteiger partial charge in [0.1, 0.15) is 11.6 Å². The van der Waals surface area contributed by atoms with Gasteiger partial charge in [0.15, 0.2) is 0 Å². The van der Waals surface area contributed by atoms with Crippen LogP contribution in [0.15, 0.2) is 30.3 Å². The van der Waals surface area contributed by atoms with Gasteiger partial charge in [0.2, 0.25) is 0 Å². The van der Waals surface area contributed by atoms with Gasteiger partial charge in [0, 0.05) is 23.2 Å². The Bertz CT molecular complexity index is 571. The molecule has 0 bridgehead atoms. The molecule has 0 aliphatic carbocycles. The van der Waals surface area contributed by atoms with E-state index in [0.717, 1.165) is 17.0 Å². The summed E-state index contributed by atoms with van der Waals surface area (Å²) < 4.78 is 12.9. The van der Waals surface area contributed by atoms with Gasteiger partial charge in [-0.2, -0.15) is 0 Å². The van der Waals surface area contributed by atoms with E-state index >= 15 is 0 Å². The lowest BCUT2D eigenvalue weighted by Crippen LogP contribution is -2.35. The quantitative estimate of drug-likeness (QED) is 0.922. The van der Waals surface area contributed by atoms with Crippen molar-refractivity contribution < 1.29 is 4.39 Å². The Morgan fingerprint density at radius 2 is 1.79 bits per heavy atom. The topological polar surface area (TPSA) is 51.8 Å². The van der Waals surface area contributed by atoms with Crippen LogP contribution in [-0.2, 0) is 6.42 Å². The number of nitrogens with two attached hydrogens (primary N) is 1. The van der Waals surface area contributed by atoms with Crippen LogP contribution in [0.4, 0.5) is 4.39 Å². The van der Waals surface area contributed by atoms with Crippen molar-refractivity contribution in [1.82, 2.24) is 9.97 Å². The fourth-order valence-electron chi connectivity index (χ4n) is 1.89. The van der Waals surface area contributed by atoms with E-state index in [2.05, 4.69) is 9.97 Å². The maximum atomic E-state index is 12.9. The lowest BCUT2D eigenvalue weighted by atomic mass is 10.0. The van der Waals surface area contributed by atoms with Crippen LogP contribution in [-0.4, -0.2) is 15.5 Å². The van der Waals surface area contributed by atoms with Crippen LogP contribution in [0.1, 0.15) is 25.4 Å². The molecule has 0 fully saturated rings. The molecule has 1 aromatic carbocycles. The Hall–Kier alpha value is -1.81. The summed E-state index contributed by atoms with van der Waals surface area (Å²) in [5.41, 5.74) is 8.20. The molecule has 0 radical (unpaired) electrons. The second kappa shape index (κ2) is 5.05. The molecule has 4 heteroatoms. The van der Waals surface area contributed by atoms with E-state index in [0.29, 0.717) is 12.2 Å². The molecule has 2 aromatic rings. The molecule has 2 rings (SSSR count). The van der Waals surface area contributed by atoms with Gasteiger partial charge in [-0.15, -0.1) is 0 Å². The largest absolute Gasteiger partial charge is 0.325 e. The highest BCUT2D eigenvalue weighted by Crippen LogP contribution is 2.19. The molecule has 0 unspecified atom stereocenters. The summed E-state index contributed by atoms with van der Waals surface area (Å²) in [5, 5.41) is 0. The van der Waals surface area contributed by atoms with Crippen molar-refractivity contribution in [2.24, 2.45) is 5.73 Å². The number of benzene rings is 1. The third-order valence-corrected chi connectivity index (χ3v) is 2.65. The third-order valence-electron chi connectivity index (χ3n) is 2.65. The van der Waals surface area contributed by atoms with Crippen molar-refractivity contribution >= 4 is 0 Å². The minimum atomic E-state index is -0.353. The molecule has 2 N–H and O–H groups in total. The predicted octanol–water partition coefficient (Wildman–Crippen LogP) is 2.87. The van der Waals surface area contributed by atoms with Gasteiger partial charge < -0.3 is 5.73 Å². The van der Waals surface area contributed by atoms with Gasteiger partial charge in [-0.3, -0.25) is 0 Å². The standard InChI is InChI=1S/C15H18FN3/c1-10-8-13(11-4-6-12(16)7-5-11)19-14(18-10)9-15(2,3)17/h4-8H,9,17H2,1-3H3. The van der Waals surface area contributed by atoms with Gasteiger partial charge in [0.25, 0.3) is 0 Å². The molecule has 3 nitrogen and oxygen atoms in total. The van der Waals surface area contributed by atoms with Gasteiger partial charge in [0.05, 0.1) is 5.69 Å². The van der Waals surface area contributed by atoms with E-state index in [9.17, 15) is 4.39 Å². The number of hydrogen-bond acceptors (Lipinski definition) is 3. The van der Waals surface area contributed by atoms with E-state index < -0.39 is 0 Å². The molecule has 0 aliphatic rings. The zero-order valence-electron chi connectivity index (χ0n) is 11.4. The molecule has 19 heavy (non-hydrogen) atoms. The molecule has 1 heterocycles. The molecular formula is C15H18FN3. The maximum Gasteiger partial charge on any atom is 0.131 e. The van der Waals surface area contributed by atoms with Crippen LogP contribution in [0.25, 0.3) is 11.3 Å². The molecule has 0 aliphatic heterocycles. The molecule has 0 saturated carbocycles. The van der Waals surface area contributed by atoms with E-state index in [1.165, 1.54) is 12.1 Å². The molecule has 0 amide bonds. The van der Waals surface area contributed by atoms with Gasteiger partial charge in [-0.05, 0) is 51.1 Å². The fraction of sp³-hybridized carbons (Fsp3) is 0.333. The number of aryl methyl sites for hydroxylation is 1. The van der Waals surface area contributed by atoms with Crippen molar-refractivity contribution in [2.75, 3.05) is 0 Å². The Kier molecular flexibility index (Phi) is 3.62. The van der Waals surface area contributed by atoms with Crippen LogP contribution in [0.2, 0.25) is 0 Å². The predicted molar refractivity (Wildman–Crippen MR) is 74.1 cm³/mol. The Labute approximate surface area is 112 Å². The average Bonchev–Trinajstić information content (AvgIpc) is 2.26. The van der Waals surface area contributed by atoms with E-state index in [1.807, 2.05) is 26.8 Å². The Morgan fingerprint density at radius 3 is 2.37 bits per heavy atom. The van der Waals surface area contributed by atoms with Gasteiger partial charge >= 0.3 is 0 Å². The summed E-state index contributed by atoms with van der Waals surface area (Å²) in [5.74, 6) is 0.463. The van der Waals surface area contributed by atoms with Crippen LogP contribution in [0, 0.1) is 12.7 Å². The monoisotopic (exact) mass is 259 g/mol. The van der Waals surface area contributed by atoms with E-state index in [-0.39, 0.29) is 11.4 Å². The van der Waals surface area contributed by atoms with Crippen molar-refractivity contribution in [3.8, 4) is 11.3 Å². The first-order valence-corrected chi connectivity index (χ1v) is 6.23. The Balaban J connectivity index is 2.39. The molecule has 0 atom stereocenters. The van der Waals surface area contributed by atoms with Crippen molar-refractivity contribution in [2.45, 2.75) is 32.7 Å². The highest BCUT2D eigenvalue weighted by atomic mass is 19.1. The average molecular weight is 259 g/mol. The zero-order chi connectivity index (χ0) is 14.0. The number of rotatable bonds is 3. The number of nitrogens with zero attached hydrogens (tertiary/aromatic N) is 2. The molecule has 1 aromatic heterocycles. The van der Waals surface area contributed by atoms with Crippen molar-refractivity contribution in [1.29, 1.82) is 0 Å². The summed E-state index contributed by atoms with van der Waals surface area (Å²) in [6.45, 7) is 5.80. The van der Waals surface area contributed by atoms with Crippen molar-refractivity contribution in [3.05, 3.63) is 47.7 Å². The summed E-state index contributed by atoms with van der Waals surface area (Å²) in [4.78, 5) is 8.90. The number of hydrogen-bond donors (Lipinski definition) is 1. The highest BCUT2D eigenvalue weighted by molar-refractivity contribution is 5.59. The summed E-state index contributed by atoms with van der Waals surface area (Å²) in [7, 11) is 0. The summed E-state index contributed by atoms with van der Waals surface area (Å²) in [6.07, 6.45) is 0.600. The lowest BCUT2D eigenvalue weighted by Gasteiger charge is -2.17. The summed E-state index contributed by atoms with van der Waals surface area (Å²) >= 11 is 0. The normalized spacial score (nSPS) is 11.6. The van der Waals surface area contributed by atoms with E-state index in [1.54, 1.807) is 12.1 Å². The SMILES string of the molecule is Cc1cc(-c2ccc(F)cc2)nc(CC(C)(C)N)n1. The minimum Gasteiger partial charge on any atom is -0.325 e. The molecular weight excluding hydrogens is 241 g/mol. The second-order valence-electron chi connectivity index (χ2n) is 5.48. The first-order chi connectivity index (χ1) is 8.83. The van der Waals surface area contributed by atoms with Crippen molar-refractivity contribution in [3.63, 3.8) is 0 Å². The molecule has 100 valence electrons. The van der Waals surface area contributed by atoms with Crippen LogP contribution < -0.4 is 5.73 Å². The third kappa shape index (κ3) is 3.83. The summed E-state index contributed by atoms with van der Waals surface area (Å²) in [6, 6.07) is 8.18. The van der Waals surface area contributed by atoms with Gasteiger partial charge in [-0.1, -0.05) is 0 Å². The highest BCUT2D eigenvalue weighted by Gasteiger charge is 2.15. The zero-order valence-corrected chi connectivity index (χ0v) is 11.4. The molecule has 0 spiro atoms. The second-order valence-corrected chi connectivity index (χ2v) is 5.48. The first kappa shape index (κ1) is 13.6. The van der Waals surface area contributed by atoms with Crippen LogP contribution >= 0.6 is 0 Å². The lowest BCUT2D eigenvalue weighted by molar-refractivity contribution is 0.502. The minimum absolute atomic E-state index is 0.252. The van der Waals surface area contributed by atoms with Gasteiger partial charge in [-0.25, -0.2) is 14.4 Å².